The van der Waals surface area contributed by atoms with E-state index in [0.717, 1.165) is 5.69 Å². The first-order chi connectivity index (χ1) is 9.08. The van der Waals surface area contributed by atoms with Gasteiger partial charge in [-0.05, 0) is 25.0 Å². The van der Waals surface area contributed by atoms with E-state index >= 15 is 0 Å². The average molecular weight is 265 g/mol. The van der Waals surface area contributed by atoms with Gasteiger partial charge < -0.3 is 4.90 Å². The lowest BCUT2D eigenvalue weighted by Gasteiger charge is -2.28. The fraction of sp³-hybridized carbons (Fsp3) is 0.500. The molecule has 1 aliphatic heterocycles. The van der Waals surface area contributed by atoms with Crippen molar-refractivity contribution in [2.45, 2.75) is 24.9 Å². The molecule has 0 radical (unpaired) electrons. The fourth-order valence-electron chi connectivity index (χ4n) is 2.69. The number of nitrogens with zero attached hydrogens (tertiary/aromatic N) is 3. The highest BCUT2D eigenvalue weighted by atomic mass is 16.6. The molecule has 0 aromatic heterocycles. The van der Waals surface area contributed by atoms with Crippen molar-refractivity contribution >= 4 is 5.69 Å². The van der Waals surface area contributed by atoms with Crippen LogP contribution < -0.4 is 4.90 Å². The molecule has 1 saturated heterocycles. The van der Waals surface area contributed by atoms with Gasteiger partial charge in [0.15, 0.2) is 0 Å². The molecule has 0 amide bonds. The molecule has 102 valence electrons. The number of benzene rings is 1. The Morgan fingerprint density at radius 1 is 1.00 bits per heavy atom. The smallest absolute Gasteiger partial charge is 0.223 e. The highest BCUT2D eigenvalue weighted by Gasteiger charge is 2.38. The number of anilines is 1. The summed E-state index contributed by atoms with van der Waals surface area (Å²) < 4.78 is 0. The van der Waals surface area contributed by atoms with E-state index in [2.05, 4.69) is 0 Å². The lowest BCUT2D eigenvalue weighted by atomic mass is 10.2. The van der Waals surface area contributed by atoms with Gasteiger partial charge in [0.2, 0.25) is 13.1 Å². The zero-order valence-corrected chi connectivity index (χ0v) is 10.3. The molecule has 1 fully saturated rings. The van der Waals surface area contributed by atoms with Crippen LogP contribution in [0.1, 0.15) is 12.8 Å². The molecule has 2 atom stereocenters. The minimum atomic E-state index is -0.352. The van der Waals surface area contributed by atoms with Gasteiger partial charge in [0.25, 0.3) is 0 Å². The van der Waals surface area contributed by atoms with Gasteiger partial charge in [-0.2, -0.15) is 0 Å². The number of hydrogen-bond acceptors (Lipinski definition) is 5. The molecule has 1 aliphatic rings. The van der Waals surface area contributed by atoms with Crippen LogP contribution in [0.4, 0.5) is 5.69 Å². The molecular formula is C12H15N3O4. The topological polar surface area (TPSA) is 89.5 Å². The van der Waals surface area contributed by atoms with Gasteiger partial charge in [0.05, 0.1) is 12.1 Å². The molecule has 0 bridgehead atoms. The second-order valence-corrected chi connectivity index (χ2v) is 4.66. The Balaban J connectivity index is 2.22. The van der Waals surface area contributed by atoms with Crippen LogP contribution in [-0.4, -0.2) is 35.0 Å². The third-order valence-corrected chi connectivity index (χ3v) is 3.39. The number of rotatable bonds is 5. The maximum atomic E-state index is 10.7. The van der Waals surface area contributed by atoms with E-state index in [1.54, 1.807) is 0 Å². The lowest BCUT2D eigenvalue weighted by molar-refractivity contribution is -0.485. The Kier molecular flexibility index (Phi) is 3.94. The lowest BCUT2D eigenvalue weighted by Crippen LogP contribution is -2.42. The molecular weight excluding hydrogens is 250 g/mol. The van der Waals surface area contributed by atoms with Crippen LogP contribution in [-0.2, 0) is 0 Å². The molecule has 1 heterocycles. The van der Waals surface area contributed by atoms with Crippen LogP contribution in [0.5, 0.6) is 0 Å². The molecule has 0 saturated carbocycles. The zero-order valence-electron chi connectivity index (χ0n) is 10.3. The summed E-state index contributed by atoms with van der Waals surface area (Å²) in [6.07, 6.45) is 1.24. The van der Waals surface area contributed by atoms with Crippen molar-refractivity contribution in [3.63, 3.8) is 0 Å². The molecule has 19 heavy (non-hydrogen) atoms. The molecule has 0 N–H and O–H groups in total. The van der Waals surface area contributed by atoms with Crippen molar-refractivity contribution in [1.82, 2.24) is 0 Å². The molecule has 2 rings (SSSR count). The van der Waals surface area contributed by atoms with Crippen LogP contribution >= 0.6 is 0 Å². The maximum Gasteiger partial charge on any atom is 0.223 e. The monoisotopic (exact) mass is 265 g/mol. The average Bonchev–Trinajstić information content (AvgIpc) is 2.71. The predicted molar refractivity (Wildman–Crippen MR) is 69.5 cm³/mol. The highest BCUT2D eigenvalue weighted by molar-refractivity contribution is 5.49. The Labute approximate surface area is 110 Å². The summed E-state index contributed by atoms with van der Waals surface area (Å²) >= 11 is 0. The van der Waals surface area contributed by atoms with E-state index in [0.29, 0.717) is 12.8 Å². The number of hydrogen-bond donors (Lipinski definition) is 0. The summed E-state index contributed by atoms with van der Waals surface area (Å²) in [7, 11) is 0. The van der Waals surface area contributed by atoms with Crippen molar-refractivity contribution in [1.29, 1.82) is 0 Å². The Morgan fingerprint density at radius 2 is 1.47 bits per heavy atom. The van der Waals surface area contributed by atoms with Gasteiger partial charge in [-0.1, -0.05) is 18.2 Å². The standard InChI is InChI=1S/C12H15N3O4/c16-13(17)8-11-6-7-12(9-14(18)19)15(11)10-4-2-1-3-5-10/h1-5,11-12H,6-9H2/t11-,12-/m0/s1. The Morgan fingerprint density at radius 3 is 1.89 bits per heavy atom. The summed E-state index contributed by atoms with van der Waals surface area (Å²) in [5.41, 5.74) is 0.818. The van der Waals surface area contributed by atoms with E-state index in [1.807, 2.05) is 35.2 Å². The summed E-state index contributed by atoms with van der Waals surface area (Å²) in [6.45, 7) is -0.355. The summed E-state index contributed by atoms with van der Waals surface area (Å²) in [6, 6.07) is 8.67. The quantitative estimate of drug-likeness (QED) is 0.595. The third kappa shape index (κ3) is 3.18. The fourth-order valence-corrected chi connectivity index (χ4v) is 2.69. The van der Waals surface area contributed by atoms with E-state index in [9.17, 15) is 20.2 Å². The van der Waals surface area contributed by atoms with Crippen LogP contribution in [0.3, 0.4) is 0 Å². The van der Waals surface area contributed by atoms with Gasteiger partial charge >= 0.3 is 0 Å². The van der Waals surface area contributed by atoms with Gasteiger partial charge in [-0.25, -0.2) is 0 Å². The summed E-state index contributed by atoms with van der Waals surface area (Å²) in [4.78, 5) is 22.5. The maximum absolute atomic E-state index is 10.7. The van der Waals surface area contributed by atoms with Crippen molar-refractivity contribution in [2.75, 3.05) is 18.0 Å². The van der Waals surface area contributed by atoms with Crippen molar-refractivity contribution in [2.24, 2.45) is 0 Å². The molecule has 1 aromatic carbocycles. The highest BCUT2D eigenvalue weighted by Crippen LogP contribution is 2.30. The van der Waals surface area contributed by atoms with Gasteiger partial charge in [-0.15, -0.1) is 0 Å². The molecule has 7 heteroatoms. The van der Waals surface area contributed by atoms with E-state index in [-0.39, 0.29) is 35.0 Å². The summed E-state index contributed by atoms with van der Waals surface area (Å²) in [5, 5.41) is 21.4. The second-order valence-electron chi connectivity index (χ2n) is 4.66. The largest absolute Gasteiger partial charge is 0.352 e. The van der Waals surface area contributed by atoms with Gasteiger partial charge in [0.1, 0.15) is 0 Å². The normalized spacial score (nSPS) is 22.4. The third-order valence-electron chi connectivity index (χ3n) is 3.39. The summed E-state index contributed by atoms with van der Waals surface area (Å²) in [5.74, 6) is 0. The minimum Gasteiger partial charge on any atom is -0.352 e. The first-order valence-electron chi connectivity index (χ1n) is 6.15. The first-order valence-corrected chi connectivity index (χ1v) is 6.15. The van der Waals surface area contributed by atoms with Crippen LogP contribution in [0.25, 0.3) is 0 Å². The molecule has 0 unspecified atom stereocenters. The molecule has 0 aliphatic carbocycles. The molecule has 7 nitrogen and oxygen atoms in total. The second kappa shape index (κ2) is 5.64. The molecule has 1 aromatic rings. The van der Waals surface area contributed by atoms with Gasteiger partial charge in [-0.3, -0.25) is 20.2 Å². The van der Waals surface area contributed by atoms with Gasteiger partial charge in [0, 0.05) is 15.5 Å². The number of nitro groups is 2. The van der Waals surface area contributed by atoms with Crippen molar-refractivity contribution < 1.29 is 9.85 Å². The zero-order chi connectivity index (χ0) is 13.8. The number of para-hydroxylation sites is 1. The van der Waals surface area contributed by atoms with E-state index < -0.39 is 0 Å². The first kappa shape index (κ1) is 13.3. The predicted octanol–water partition coefficient (Wildman–Crippen LogP) is 1.58. The SMILES string of the molecule is O=[N+]([O-])C[C@@H]1CC[C@@H](C[N+](=O)[O-])N1c1ccccc1. The minimum absolute atomic E-state index is 0.177. The van der Waals surface area contributed by atoms with Crippen molar-refractivity contribution in [3.05, 3.63) is 50.6 Å². The van der Waals surface area contributed by atoms with Crippen LogP contribution in [0.2, 0.25) is 0 Å². The van der Waals surface area contributed by atoms with Crippen LogP contribution in [0, 0.1) is 20.2 Å². The van der Waals surface area contributed by atoms with E-state index in [4.69, 9.17) is 0 Å². The van der Waals surface area contributed by atoms with Crippen molar-refractivity contribution in [3.8, 4) is 0 Å². The molecule has 0 spiro atoms. The van der Waals surface area contributed by atoms with E-state index in [1.165, 1.54) is 0 Å². The Bertz CT molecular complexity index is 441. The van der Waals surface area contributed by atoms with Crippen LogP contribution in [0.15, 0.2) is 30.3 Å². The Hall–Kier alpha value is -2.18.